The Morgan fingerprint density at radius 3 is 2.41 bits per heavy atom. The summed E-state index contributed by atoms with van der Waals surface area (Å²) in [6.45, 7) is 8.24. The summed E-state index contributed by atoms with van der Waals surface area (Å²) in [4.78, 5) is 38.9. The van der Waals surface area contributed by atoms with Crippen molar-refractivity contribution in [1.29, 1.82) is 0 Å². The Labute approximate surface area is 169 Å². The SMILES string of the molecule is Cc1nn(CC(=O)NC2CCN(C(=O)OC(C)(C)C)CC2)c(=O)c2ccccc12. The van der Waals surface area contributed by atoms with Crippen LogP contribution in [-0.2, 0) is 16.1 Å². The Kier molecular flexibility index (Phi) is 5.91. The van der Waals surface area contributed by atoms with E-state index in [9.17, 15) is 14.4 Å². The molecule has 29 heavy (non-hydrogen) atoms. The number of likely N-dealkylation sites (tertiary alicyclic amines) is 1. The van der Waals surface area contributed by atoms with Crippen LogP contribution in [0.1, 0.15) is 39.3 Å². The van der Waals surface area contributed by atoms with E-state index in [1.165, 1.54) is 4.68 Å². The highest BCUT2D eigenvalue weighted by Gasteiger charge is 2.27. The summed E-state index contributed by atoms with van der Waals surface area (Å²) in [5.41, 5.74) is -0.0970. The van der Waals surface area contributed by atoms with E-state index in [1.54, 1.807) is 17.0 Å². The quantitative estimate of drug-likeness (QED) is 0.853. The second kappa shape index (κ2) is 8.23. The van der Waals surface area contributed by atoms with Gasteiger partial charge in [-0.3, -0.25) is 9.59 Å². The van der Waals surface area contributed by atoms with Gasteiger partial charge < -0.3 is 15.0 Å². The number of amides is 2. The van der Waals surface area contributed by atoms with E-state index in [0.717, 1.165) is 5.39 Å². The van der Waals surface area contributed by atoms with Gasteiger partial charge in [-0.2, -0.15) is 5.10 Å². The standard InChI is InChI=1S/C21H28N4O4/c1-14-16-7-5-6-8-17(16)19(27)25(23-14)13-18(26)22-15-9-11-24(12-10-15)20(28)29-21(2,3)4/h5-8,15H,9-13H2,1-4H3,(H,22,26). The zero-order valence-corrected chi connectivity index (χ0v) is 17.4. The molecule has 3 rings (SSSR count). The van der Waals surface area contributed by atoms with Crippen molar-refractivity contribution in [3.63, 3.8) is 0 Å². The molecule has 1 N–H and O–H groups in total. The third kappa shape index (κ3) is 5.13. The first kappa shape index (κ1) is 20.8. The third-order valence-corrected chi connectivity index (χ3v) is 4.86. The van der Waals surface area contributed by atoms with E-state index in [2.05, 4.69) is 10.4 Å². The minimum atomic E-state index is -0.527. The zero-order valence-electron chi connectivity index (χ0n) is 17.4. The summed E-state index contributed by atoms with van der Waals surface area (Å²) >= 11 is 0. The summed E-state index contributed by atoms with van der Waals surface area (Å²) in [5.74, 6) is -0.259. The predicted octanol–water partition coefficient (Wildman–Crippen LogP) is 2.22. The molecule has 0 bridgehead atoms. The molecule has 0 unspecified atom stereocenters. The molecule has 1 aliphatic heterocycles. The number of nitrogens with zero attached hydrogens (tertiary/aromatic N) is 3. The summed E-state index contributed by atoms with van der Waals surface area (Å²) < 4.78 is 6.60. The number of nitrogens with one attached hydrogen (secondary N) is 1. The lowest BCUT2D eigenvalue weighted by molar-refractivity contribution is -0.122. The van der Waals surface area contributed by atoms with E-state index < -0.39 is 5.60 Å². The van der Waals surface area contributed by atoms with Crippen molar-refractivity contribution < 1.29 is 14.3 Å². The van der Waals surface area contributed by atoms with Crippen LogP contribution in [0.4, 0.5) is 4.79 Å². The van der Waals surface area contributed by atoms with Crippen LogP contribution in [0.2, 0.25) is 0 Å². The molecule has 0 aliphatic carbocycles. The van der Waals surface area contributed by atoms with Crippen molar-refractivity contribution in [2.24, 2.45) is 0 Å². The van der Waals surface area contributed by atoms with Gasteiger partial charge in [-0.05, 0) is 46.6 Å². The van der Waals surface area contributed by atoms with Gasteiger partial charge in [0.25, 0.3) is 5.56 Å². The largest absolute Gasteiger partial charge is 0.444 e. The van der Waals surface area contributed by atoms with E-state index >= 15 is 0 Å². The number of carbonyl (C=O) groups is 2. The Morgan fingerprint density at radius 1 is 1.17 bits per heavy atom. The second-order valence-electron chi connectivity index (χ2n) is 8.40. The van der Waals surface area contributed by atoms with Crippen molar-refractivity contribution in [2.45, 2.75) is 58.7 Å². The van der Waals surface area contributed by atoms with Crippen molar-refractivity contribution in [3.05, 3.63) is 40.3 Å². The Morgan fingerprint density at radius 2 is 1.79 bits per heavy atom. The lowest BCUT2D eigenvalue weighted by Gasteiger charge is -2.33. The van der Waals surface area contributed by atoms with E-state index in [-0.39, 0.29) is 30.1 Å². The smallest absolute Gasteiger partial charge is 0.410 e. The lowest BCUT2D eigenvalue weighted by Crippen LogP contribution is -2.48. The summed E-state index contributed by atoms with van der Waals surface area (Å²) in [7, 11) is 0. The molecule has 1 aromatic heterocycles. The first-order chi connectivity index (χ1) is 13.6. The van der Waals surface area contributed by atoms with Crippen molar-refractivity contribution >= 4 is 22.8 Å². The number of hydrogen-bond acceptors (Lipinski definition) is 5. The zero-order chi connectivity index (χ0) is 21.2. The van der Waals surface area contributed by atoms with Gasteiger partial charge in [-0.25, -0.2) is 9.48 Å². The Bertz CT molecular complexity index is 969. The molecule has 2 heterocycles. The van der Waals surface area contributed by atoms with Crippen LogP contribution < -0.4 is 10.9 Å². The maximum absolute atomic E-state index is 12.6. The molecule has 0 radical (unpaired) electrons. The van der Waals surface area contributed by atoms with E-state index in [4.69, 9.17) is 4.74 Å². The van der Waals surface area contributed by atoms with Crippen LogP contribution in [0.5, 0.6) is 0 Å². The fourth-order valence-corrected chi connectivity index (χ4v) is 3.45. The number of aryl methyl sites for hydroxylation is 1. The molecule has 2 amide bonds. The highest BCUT2D eigenvalue weighted by atomic mass is 16.6. The van der Waals surface area contributed by atoms with Crippen LogP contribution in [0.25, 0.3) is 10.8 Å². The van der Waals surface area contributed by atoms with Gasteiger partial charge in [-0.1, -0.05) is 18.2 Å². The first-order valence-corrected chi connectivity index (χ1v) is 9.88. The van der Waals surface area contributed by atoms with Crippen LogP contribution in [0.15, 0.2) is 29.1 Å². The normalized spacial score (nSPS) is 15.4. The molecular weight excluding hydrogens is 372 g/mol. The molecule has 0 saturated carbocycles. The lowest BCUT2D eigenvalue weighted by atomic mass is 10.1. The van der Waals surface area contributed by atoms with Crippen LogP contribution in [0.3, 0.4) is 0 Å². The van der Waals surface area contributed by atoms with Crippen LogP contribution in [-0.4, -0.2) is 51.4 Å². The minimum absolute atomic E-state index is 0.0431. The topological polar surface area (TPSA) is 93.5 Å². The van der Waals surface area contributed by atoms with Crippen LogP contribution in [0, 0.1) is 6.92 Å². The van der Waals surface area contributed by atoms with Crippen LogP contribution >= 0.6 is 0 Å². The molecule has 1 aliphatic rings. The Hall–Kier alpha value is -2.90. The summed E-state index contributed by atoms with van der Waals surface area (Å²) in [5, 5.41) is 8.58. The molecule has 1 fully saturated rings. The summed E-state index contributed by atoms with van der Waals surface area (Å²) in [6, 6.07) is 7.21. The number of hydrogen-bond donors (Lipinski definition) is 1. The Balaban J connectivity index is 1.57. The average molecular weight is 400 g/mol. The highest BCUT2D eigenvalue weighted by molar-refractivity contribution is 5.83. The molecule has 1 saturated heterocycles. The maximum Gasteiger partial charge on any atom is 0.410 e. The van der Waals surface area contributed by atoms with Crippen molar-refractivity contribution in [1.82, 2.24) is 20.0 Å². The number of fused-ring (bicyclic) bond motifs is 1. The number of ether oxygens (including phenoxy) is 1. The molecule has 8 nitrogen and oxygen atoms in total. The first-order valence-electron chi connectivity index (χ1n) is 9.88. The molecule has 8 heteroatoms. The number of benzene rings is 1. The average Bonchev–Trinajstić information content (AvgIpc) is 2.65. The van der Waals surface area contributed by atoms with Crippen molar-refractivity contribution in [2.75, 3.05) is 13.1 Å². The number of piperidine rings is 1. The highest BCUT2D eigenvalue weighted by Crippen LogP contribution is 2.16. The fourth-order valence-electron chi connectivity index (χ4n) is 3.45. The number of carbonyl (C=O) groups excluding carboxylic acids is 2. The van der Waals surface area contributed by atoms with Gasteiger partial charge in [0.2, 0.25) is 5.91 Å². The van der Waals surface area contributed by atoms with Gasteiger partial charge in [0.15, 0.2) is 0 Å². The maximum atomic E-state index is 12.6. The molecule has 0 spiro atoms. The molecule has 2 aromatic rings. The van der Waals surface area contributed by atoms with Gasteiger partial charge in [0, 0.05) is 24.5 Å². The molecular formula is C21H28N4O4. The van der Waals surface area contributed by atoms with Crippen molar-refractivity contribution in [3.8, 4) is 0 Å². The van der Waals surface area contributed by atoms with E-state index in [1.807, 2.05) is 39.8 Å². The number of aromatic nitrogens is 2. The summed E-state index contributed by atoms with van der Waals surface area (Å²) in [6.07, 6.45) is 0.957. The van der Waals surface area contributed by atoms with Gasteiger partial charge >= 0.3 is 6.09 Å². The van der Waals surface area contributed by atoms with Gasteiger partial charge in [0.05, 0.1) is 11.1 Å². The second-order valence-corrected chi connectivity index (χ2v) is 8.40. The predicted molar refractivity (Wildman–Crippen MR) is 110 cm³/mol. The monoisotopic (exact) mass is 400 g/mol. The third-order valence-electron chi connectivity index (χ3n) is 4.86. The van der Waals surface area contributed by atoms with E-state index in [0.29, 0.717) is 37.0 Å². The molecule has 156 valence electrons. The molecule has 0 atom stereocenters. The fraction of sp³-hybridized carbons (Fsp3) is 0.524. The number of rotatable bonds is 3. The van der Waals surface area contributed by atoms with Gasteiger partial charge in [-0.15, -0.1) is 0 Å². The molecule has 1 aromatic carbocycles. The minimum Gasteiger partial charge on any atom is -0.444 e. The van der Waals surface area contributed by atoms with Gasteiger partial charge in [0.1, 0.15) is 12.1 Å².